The van der Waals surface area contributed by atoms with Crippen LogP contribution >= 0.6 is 0 Å². The number of methoxy groups -OCH3 is 1. The summed E-state index contributed by atoms with van der Waals surface area (Å²) >= 11 is 0. The zero-order valence-electron chi connectivity index (χ0n) is 12.0. The van der Waals surface area contributed by atoms with Gasteiger partial charge in [-0.2, -0.15) is 4.98 Å². The quantitative estimate of drug-likeness (QED) is 0.805. The highest BCUT2D eigenvalue weighted by atomic mass is 16.5. The summed E-state index contributed by atoms with van der Waals surface area (Å²) in [7, 11) is 3.55. The number of rotatable bonds is 7. The molecule has 0 saturated carbocycles. The second-order valence-electron chi connectivity index (χ2n) is 4.39. The van der Waals surface area contributed by atoms with E-state index in [2.05, 4.69) is 34.0 Å². The lowest BCUT2D eigenvalue weighted by atomic mass is 10.2. The summed E-state index contributed by atoms with van der Waals surface area (Å²) in [6.45, 7) is 7.96. The third-order valence-corrected chi connectivity index (χ3v) is 3.10. The molecule has 0 amide bonds. The van der Waals surface area contributed by atoms with Crippen LogP contribution in [0.2, 0.25) is 0 Å². The first-order valence-corrected chi connectivity index (χ1v) is 6.41. The molecule has 0 bridgehead atoms. The van der Waals surface area contributed by atoms with Gasteiger partial charge < -0.3 is 15.0 Å². The number of nitrogens with zero attached hydrogens (tertiary/aromatic N) is 3. The Morgan fingerprint density at radius 3 is 2.78 bits per heavy atom. The van der Waals surface area contributed by atoms with Crippen LogP contribution in [0.15, 0.2) is 6.20 Å². The summed E-state index contributed by atoms with van der Waals surface area (Å²) < 4.78 is 5.18. The Bertz CT molecular complexity index is 370. The van der Waals surface area contributed by atoms with Crippen LogP contribution < -0.4 is 10.2 Å². The topological polar surface area (TPSA) is 50.3 Å². The Hall–Kier alpha value is -1.36. The van der Waals surface area contributed by atoms with Crippen molar-refractivity contribution >= 4 is 11.8 Å². The zero-order valence-corrected chi connectivity index (χ0v) is 12.0. The smallest absolute Gasteiger partial charge is 0.224 e. The van der Waals surface area contributed by atoms with E-state index in [0.29, 0.717) is 18.6 Å². The van der Waals surface area contributed by atoms with Crippen molar-refractivity contribution in [2.75, 3.05) is 37.5 Å². The van der Waals surface area contributed by atoms with Crippen molar-refractivity contribution in [2.24, 2.45) is 0 Å². The first-order valence-electron chi connectivity index (χ1n) is 6.41. The Labute approximate surface area is 110 Å². The maximum atomic E-state index is 5.18. The van der Waals surface area contributed by atoms with E-state index >= 15 is 0 Å². The molecule has 0 saturated heterocycles. The van der Waals surface area contributed by atoms with Gasteiger partial charge in [0, 0.05) is 38.5 Å². The van der Waals surface area contributed by atoms with Gasteiger partial charge in [0.05, 0.1) is 6.61 Å². The highest BCUT2D eigenvalue weighted by Gasteiger charge is 2.17. The molecule has 1 aromatic rings. The molecule has 5 heteroatoms. The fourth-order valence-electron chi connectivity index (χ4n) is 1.79. The lowest BCUT2D eigenvalue weighted by molar-refractivity contribution is 0.203. The Kier molecular flexibility index (Phi) is 5.85. The predicted octanol–water partition coefficient (Wildman–Crippen LogP) is 2.08. The van der Waals surface area contributed by atoms with Crippen molar-refractivity contribution in [3.63, 3.8) is 0 Å². The van der Waals surface area contributed by atoms with Gasteiger partial charge in [0.15, 0.2) is 0 Å². The summed E-state index contributed by atoms with van der Waals surface area (Å²) in [5.74, 6) is 1.64. The van der Waals surface area contributed by atoms with Crippen LogP contribution in [0.25, 0.3) is 0 Å². The summed E-state index contributed by atoms with van der Waals surface area (Å²) in [6, 6.07) is 0.429. The molecule has 102 valence electrons. The van der Waals surface area contributed by atoms with Gasteiger partial charge in [0.25, 0.3) is 0 Å². The highest BCUT2D eigenvalue weighted by Crippen LogP contribution is 2.21. The Morgan fingerprint density at radius 1 is 1.50 bits per heavy atom. The number of nitrogens with one attached hydrogen (secondary N) is 1. The molecule has 0 aromatic carbocycles. The highest BCUT2D eigenvalue weighted by molar-refractivity contribution is 5.49. The average Bonchev–Trinajstić information content (AvgIpc) is 2.40. The SMILES string of the molecule is CCC(C)N(CCOC)c1nc(NC)ncc1C. The van der Waals surface area contributed by atoms with Crippen molar-refractivity contribution in [1.29, 1.82) is 0 Å². The second kappa shape index (κ2) is 7.16. The van der Waals surface area contributed by atoms with E-state index in [1.54, 1.807) is 7.11 Å². The first kappa shape index (κ1) is 14.7. The van der Waals surface area contributed by atoms with Gasteiger partial charge in [0.1, 0.15) is 5.82 Å². The molecule has 1 aromatic heterocycles. The minimum Gasteiger partial charge on any atom is -0.383 e. The molecule has 18 heavy (non-hydrogen) atoms. The van der Waals surface area contributed by atoms with Crippen LogP contribution in [0, 0.1) is 6.92 Å². The van der Waals surface area contributed by atoms with Crippen molar-refractivity contribution in [2.45, 2.75) is 33.2 Å². The average molecular weight is 252 g/mol. The van der Waals surface area contributed by atoms with Gasteiger partial charge in [-0.25, -0.2) is 4.98 Å². The molecule has 0 aliphatic rings. The molecular formula is C13H24N4O. The van der Waals surface area contributed by atoms with E-state index in [9.17, 15) is 0 Å². The third-order valence-electron chi connectivity index (χ3n) is 3.10. The molecule has 1 heterocycles. The zero-order chi connectivity index (χ0) is 13.5. The predicted molar refractivity (Wildman–Crippen MR) is 75.3 cm³/mol. The number of aromatic nitrogens is 2. The van der Waals surface area contributed by atoms with E-state index in [1.165, 1.54) is 0 Å². The summed E-state index contributed by atoms with van der Waals surface area (Å²) in [4.78, 5) is 11.1. The molecule has 1 rings (SSSR count). The molecule has 0 fully saturated rings. The van der Waals surface area contributed by atoms with E-state index in [1.807, 2.05) is 20.2 Å². The van der Waals surface area contributed by atoms with Gasteiger partial charge in [-0.3, -0.25) is 0 Å². The molecule has 1 N–H and O–H groups in total. The monoisotopic (exact) mass is 252 g/mol. The standard InChI is InChI=1S/C13H24N4O/c1-6-11(3)17(7-8-18-5)12-10(2)9-15-13(14-4)16-12/h9,11H,6-8H2,1-5H3,(H,14,15,16). The summed E-state index contributed by atoms with van der Waals surface area (Å²) in [6.07, 6.45) is 2.93. The van der Waals surface area contributed by atoms with Crippen molar-refractivity contribution in [3.8, 4) is 0 Å². The van der Waals surface area contributed by atoms with E-state index in [4.69, 9.17) is 4.74 Å². The molecule has 0 radical (unpaired) electrons. The van der Waals surface area contributed by atoms with Gasteiger partial charge in [-0.1, -0.05) is 6.92 Å². The lowest BCUT2D eigenvalue weighted by Gasteiger charge is -2.30. The molecule has 1 atom stereocenters. The summed E-state index contributed by atoms with van der Waals surface area (Å²) in [5.41, 5.74) is 1.09. The maximum absolute atomic E-state index is 5.18. The van der Waals surface area contributed by atoms with Crippen molar-refractivity contribution in [1.82, 2.24) is 9.97 Å². The van der Waals surface area contributed by atoms with Crippen molar-refractivity contribution in [3.05, 3.63) is 11.8 Å². The normalized spacial score (nSPS) is 12.3. The van der Waals surface area contributed by atoms with E-state index in [-0.39, 0.29) is 0 Å². The summed E-state index contributed by atoms with van der Waals surface area (Å²) in [5, 5.41) is 2.98. The largest absolute Gasteiger partial charge is 0.383 e. The van der Waals surface area contributed by atoms with Gasteiger partial charge in [-0.05, 0) is 20.3 Å². The number of aryl methyl sites for hydroxylation is 1. The van der Waals surface area contributed by atoms with Gasteiger partial charge >= 0.3 is 0 Å². The lowest BCUT2D eigenvalue weighted by Crippen LogP contribution is -2.36. The molecule has 0 aliphatic carbocycles. The Morgan fingerprint density at radius 2 is 2.22 bits per heavy atom. The molecule has 5 nitrogen and oxygen atoms in total. The molecule has 0 aliphatic heterocycles. The Balaban J connectivity index is 3.02. The first-order chi connectivity index (χ1) is 8.63. The van der Waals surface area contributed by atoms with Crippen LogP contribution in [-0.4, -0.2) is 43.3 Å². The molecular weight excluding hydrogens is 228 g/mol. The second-order valence-corrected chi connectivity index (χ2v) is 4.39. The van der Waals surface area contributed by atoms with E-state index < -0.39 is 0 Å². The number of anilines is 2. The van der Waals surface area contributed by atoms with Crippen LogP contribution in [0.1, 0.15) is 25.8 Å². The maximum Gasteiger partial charge on any atom is 0.224 e. The minimum atomic E-state index is 0.429. The minimum absolute atomic E-state index is 0.429. The van der Waals surface area contributed by atoms with E-state index in [0.717, 1.165) is 24.3 Å². The number of ether oxygens (including phenoxy) is 1. The fourth-order valence-corrected chi connectivity index (χ4v) is 1.79. The van der Waals surface area contributed by atoms with Crippen LogP contribution in [-0.2, 0) is 4.74 Å². The van der Waals surface area contributed by atoms with Crippen molar-refractivity contribution < 1.29 is 4.74 Å². The fraction of sp³-hybridized carbons (Fsp3) is 0.692. The van der Waals surface area contributed by atoms with Crippen LogP contribution in [0.5, 0.6) is 0 Å². The number of hydrogen-bond acceptors (Lipinski definition) is 5. The molecule has 0 spiro atoms. The van der Waals surface area contributed by atoms with Gasteiger partial charge in [0.2, 0.25) is 5.95 Å². The van der Waals surface area contributed by atoms with Crippen LogP contribution in [0.3, 0.4) is 0 Å². The molecule has 1 unspecified atom stereocenters. The third kappa shape index (κ3) is 3.57. The van der Waals surface area contributed by atoms with Crippen LogP contribution in [0.4, 0.5) is 11.8 Å². The number of hydrogen-bond donors (Lipinski definition) is 1. The van der Waals surface area contributed by atoms with Gasteiger partial charge in [-0.15, -0.1) is 0 Å².